The molecule has 0 aliphatic carbocycles. The maximum Gasteiger partial charge on any atom is 0.343 e. The molecular formula is C12H19NO4. The van der Waals surface area contributed by atoms with Crippen molar-refractivity contribution in [2.75, 3.05) is 0 Å². The van der Waals surface area contributed by atoms with Gasteiger partial charge >= 0.3 is 11.9 Å². The topological polar surface area (TPSA) is 77.8 Å². The molecule has 5 nitrogen and oxygen atoms in total. The van der Waals surface area contributed by atoms with Gasteiger partial charge in [0, 0.05) is 12.1 Å². The van der Waals surface area contributed by atoms with Gasteiger partial charge in [-0.1, -0.05) is 0 Å². The van der Waals surface area contributed by atoms with Crippen molar-refractivity contribution >= 4 is 11.9 Å². The predicted molar refractivity (Wildman–Crippen MR) is 64.6 cm³/mol. The van der Waals surface area contributed by atoms with Crippen LogP contribution in [0.5, 0.6) is 0 Å². The number of nitrogens with zero attached hydrogens (tertiary/aromatic N) is 1. The van der Waals surface area contributed by atoms with Gasteiger partial charge in [0.2, 0.25) is 0 Å². The smallest absolute Gasteiger partial charge is 0.343 e. The lowest BCUT2D eigenvalue weighted by Crippen LogP contribution is -2.31. The number of carbonyl (C=O) groups is 2. The molecule has 17 heavy (non-hydrogen) atoms. The number of hydrogen-bond donors (Lipinski definition) is 2. The fourth-order valence-corrected chi connectivity index (χ4v) is 1.41. The Morgan fingerprint density at radius 2 is 1.41 bits per heavy atom. The minimum atomic E-state index is -1.44. The van der Waals surface area contributed by atoms with E-state index in [9.17, 15) is 9.59 Å². The van der Waals surface area contributed by atoms with E-state index in [1.54, 1.807) is 6.20 Å². The molecule has 96 valence electrons. The van der Waals surface area contributed by atoms with E-state index in [-0.39, 0.29) is 12.1 Å². The second-order valence-corrected chi connectivity index (χ2v) is 4.17. The van der Waals surface area contributed by atoms with Gasteiger partial charge in [0.05, 0.1) is 0 Å². The van der Waals surface area contributed by atoms with E-state index in [0.29, 0.717) is 0 Å². The number of rotatable bonds is 6. The van der Waals surface area contributed by atoms with E-state index in [0.717, 1.165) is 6.08 Å². The monoisotopic (exact) mass is 241 g/mol. The van der Waals surface area contributed by atoms with Crippen molar-refractivity contribution in [1.29, 1.82) is 0 Å². The lowest BCUT2D eigenvalue weighted by atomic mass is 10.2. The summed E-state index contributed by atoms with van der Waals surface area (Å²) in [5.41, 5.74) is -0.645. The van der Waals surface area contributed by atoms with Crippen LogP contribution in [0, 0.1) is 0 Å². The van der Waals surface area contributed by atoms with Gasteiger partial charge in [-0.15, -0.1) is 0 Å². The molecule has 0 aliphatic heterocycles. The quantitative estimate of drug-likeness (QED) is 0.320. The molecule has 0 amide bonds. The SMILES string of the molecule is CC(C)N(C=CC=C(C(=O)O)C(=O)O)C(C)C. The van der Waals surface area contributed by atoms with Gasteiger partial charge in [-0.25, -0.2) is 9.59 Å². The molecule has 0 bridgehead atoms. The van der Waals surface area contributed by atoms with Crippen molar-refractivity contribution in [3.8, 4) is 0 Å². The number of carboxylic acids is 2. The predicted octanol–water partition coefficient (Wildman–Crippen LogP) is 1.71. The van der Waals surface area contributed by atoms with Crippen LogP contribution in [0.1, 0.15) is 27.7 Å². The Labute approximate surface area is 101 Å². The Morgan fingerprint density at radius 1 is 1.00 bits per heavy atom. The van der Waals surface area contributed by atoms with Crippen molar-refractivity contribution in [3.05, 3.63) is 23.9 Å². The van der Waals surface area contributed by atoms with Crippen molar-refractivity contribution in [3.63, 3.8) is 0 Å². The number of allylic oxidation sites excluding steroid dienone is 2. The lowest BCUT2D eigenvalue weighted by Gasteiger charge is -2.28. The highest BCUT2D eigenvalue weighted by atomic mass is 16.4. The zero-order valence-electron chi connectivity index (χ0n) is 10.5. The number of aliphatic carboxylic acids is 2. The second-order valence-electron chi connectivity index (χ2n) is 4.17. The Bertz CT molecular complexity index is 318. The lowest BCUT2D eigenvalue weighted by molar-refractivity contribution is -0.140. The summed E-state index contributed by atoms with van der Waals surface area (Å²) in [5, 5.41) is 17.3. The van der Waals surface area contributed by atoms with Crippen LogP contribution >= 0.6 is 0 Å². The van der Waals surface area contributed by atoms with Crippen LogP contribution in [0.4, 0.5) is 0 Å². The van der Waals surface area contributed by atoms with Crippen LogP contribution in [0.15, 0.2) is 23.9 Å². The maximum absolute atomic E-state index is 10.6. The van der Waals surface area contributed by atoms with Crippen LogP contribution in [0.2, 0.25) is 0 Å². The third-order valence-electron chi connectivity index (χ3n) is 2.17. The summed E-state index contributed by atoms with van der Waals surface area (Å²) in [5.74, 6) is -2.88. The summed E-state index contributed by atoms with van der Waals surface area (Å²) in [6.45, 7) is 8.01. The van der Waals surface area contributed by atoms with Crippen molar-refractivity contribution in [1.82, 2.24) is 4.90 Å². The standard InChI is InChI=1S/C12H19NO4/c1-8(2)13(9(3)4)7-5-6-10(11(14)15)12(16)17/h5-9H,1-4H3,(H,14,15)(H,16,17). The second kappa shape index (κ2) is 6.73. The van der Waals surface area contributed by atoms with E-state index >= 15 is 0 Å². The van der Waals surface area contributed by atoms with Gasteiger partial charge < -0.3 is 15.1 Å². The van der Waals surface area contributed by atoms with Crippen LogP contribution in [0.25, 0.3) is 0 Å². The Kier molecular flexibility index (Phi) is 6.02. The summed E-state index contributed by atoms with van der Waals surface area (Å²) in [7, 11) is 0. The first-order valence-electron chi connectivity index (χ1n) is 5.39. The molecule has 0 heterocycles. The van der Waals surface area contributed by atoms with Crippen LogP contribution < -0.4 is 0 Å². The number of carboxylic acid groups (broad SMARTS) is 2. The Morgan fingerprint density at radius 3 is 1.71 bits per heavy atom. The zero-order valence-corrected chi connectivity index (χ0v) is 10.5. The van der Waals surface area contributed by atoms with Crippen LogP contribution in [0.3, 0.4) is 0 Å². The average Bonchev–Trinajstić information content (AvgIpc) is 2.14. The third-order valence-corrected chi connectivity index (χ3v) is 2.17. The van der Waals surface area contributed by atoms with Crippen LogP contribution in [-0.2, 0) is 9.59 Å². The third kappa shape index (κ3) is 5.19. The molecule has 0 saturated carbocycles. The summed E-state index contributed by atoms with van der Waals surface area (Å²) in [4.78, 5) is 23.2. The first kappa shape index (κ1) is 15.2. The Hall–Kier alpha value is -1.78. The summed E-state index contributed by atoms with van der Waals surface area (Å²) in [6.07, 6.45) is 4.22. The van der Waals surface area contributed by atoms with Gasteiger partial charge in [0.15, 0.2) is 0 Å². The van der Waals surface area contributed by atoms with Gasteiger partial charge in [-0.3, -0.25) is 0 Å². The molecule has 0 radical (unpaired) electrons. The van der Waals surface area contributed by atoms with E-state index in [1.165, 1.54) is 6.08 Å². The van der Waals surface area contributed by atoms with Gasteiger partial charge in [0.1, 0.15) is 5.57 Å². The Balaban J connectivity index is 4.87. The molecule has 0 aliphatic rings. The molecule has 0 aromatic heterocycles. The highest BCUT2D eigenvalue weighted by Gasteiger charge is 2.14. The molecular weight excluding hydrogens is 222 g/mol. The summed E-state index contributed by atoms with van der Waals surface area (Å²) < 4.78 is 0. The first-order valence-corrected chi connectivity index (χ1v) is 5.39. The first-order chi connectivity index (χ1) is 7.77. The van der Waals surface area contributed by atoms with E-state index in [4.69, 9.17) is 10.2 Å². The van der Waals surface area contributed by atoms with Crippen molar-refractivity contribution < 1.29 is 19.8 Å². The highest BCUT2D eigenvalue weighted by Crippen LogP contribution is 2.06. The van der Waals surface area contributed by atoms with Crippen molar-refractivity contribution in [2.45, 2.75) is 39.8 Å². The molecule has 0 aromatic carbocycles. The van der Waals surface area contributed by atoms with E-state index in [2.05, 4.69) is 0 Å². The minimum absolute atomic E-state index is 0.262. The zero-order chi connectivity index (χ0) is 13.6. The van der Waals surface area contributed by atoms with Crippen LogP contribution in [-0.4, -0.2) is 39.1 Å². The fourth-order valence-electron chi connectivity index (χ4n) is 1.41. The maximum atomic E-state index is 10.6. The largest absolute Gasteiger partial charge is 0.477 e. The molecule has 0 saturated heterocycles. The summed E-state index contributed by atoms with van der Waals surface area (Å²) in [6, 6.07) is 0.524. The van der Waals surface area contributed by atoms with E-state index < -0.39 is 17.5 Å². The average molecular weight is 241 g/mol. The number of hydrogen-bond acceptors (Lipinski definition) is 3. The normalized spacial score (nSPS) is 10.9. The molecule has 0 aromatic rings. The molecule has 0 atom stereocenters. The van der Waals surface area contributed by atoms with Gasteiger partial charge in [0.25, 0.3) is 0 Å². The molecule has 5 heteroatoms. The molecule has 0 fully saturated rings. The molecule has 2 N–H and O–H groups in total. The van der Waals surface area contributed by atoms with E-state index in [1.807, 2.05) is 32.6 Å². The fraction of sp³-hybridized carbons (Fsp3) is 0.500. The minimum Gasteiger partial charge on any atom is -0.477 e. The van der Waals surface area contributed by atoms with Crippen molar-refractivity contribution in [2.24, 2.45) is 0 Å². The van der Waals surface area contributed by atoms with Gasteiger partial charge in [-0.05, 0) is 46.0 Å². The molecule has 0 unspecified atom stereocenters. The molecule has 0 rings (SSSR count). The summed E-state index contributed by atoms with van der Waals surface area (Å²) >= 11 is 0. The highest BCUT2D eigenvalue weighted by molar-refractivity contribution is 6.12. The van der Waals surface area contributed by atoms with Gasteiger partial charge in [-0.2, -0.15) is 0 Å². The molecule has 0 spiro atoms.